The molecule has 5 nitrogen and oxygen atoms in total. The van der Waals surface area contributed by atoms with E-state index in [1.165, 1.54) is 0 Å². The number of benzene rings is 2. The fourth-order valence-corrected chi connectivity index (χ4v) is 3.02. The van der Waals surface area contributed by atoms with Crippen molar-refractivity contribution in [1.82, 2.24) is 0 Å². The lowest BCUT2D eigenvalue weighted by Crippen LogP contribution is -2.19. The molecule has 0 unspecified atom stereocenters. The summed E-state index contributed by atoms with van der Waals surface area (Å²) >= 11 is 0. The van der Waals surface area contributed by atoms with Crippen molar-refractivity contribution in [2.24, 2.45) is 0 Å². The topological polar surface area (TPSA) is 64.6 Å². The van der Waals surface area contributed by atoms with E-state index in [1.807, 2.05) is 6.07 Å². The number of carbonyl (C=O) groups excluding carboxylic acids is 2. The van der Waals surface area contributed by atoms with Crippen LogP contribution in [-0.2, 0) is 9.53 Å². The fraction of sp³-hybridized carbons (Fsp3) is 0.417. The van der Waals surface area contributed by atoms with E-state index < -0.39 is 5.97 Å². The minimum Gasteiger partial charge on any atom is -0.482 e. The van der Waals surface area contributed by atoms with Crippen molar-refractivity contribution in [2.75, 3.05) is 11.9 Å². The maximum Gasteiger partial charge on any atom is 0.344 e. The Morgan fingerprint density at radius 1 is 0.862 bits per heavy atom. The first-order valence-electron chi connectivity index (χ1n) is 10.1. The van der Waals surface area contributed by atoms with Gasteiger partial charge in [0.1, 0.15) is 5.75 Å². The van der Waals surface area contributed by atoms with Gasteiger partial charge in [-0.05, 0) is 61.1 Å². The first-order chi connectivity index (χ1) is 13.7. The van der Waals surface area contributed by atoms with Gasteiger partial charge < -0.3 is 14.8 Å². The molecule has 2 aromatic rings. The number of hydrogen-bond acceptors (Lipinski definition) is 4. The highest BCUT2D eigenvalue weighted by Gasteiger charge is 2.17. The SMILES string of the molecule is CC(C)OC(=O)COc1ccc(C(=O)Nc2c(C(C)C)cccc2C(C)C)cc1. The molecule has 1 amide bonds. The molecule has 0 saturated carbocycles. The van der Waals surface area contributed by atoms with Crippen LogP contribution in [0, 0.1) is 0 Å². The standard InChI is InChI=1S/C24H31NO4/c1-15(2)20-8-7-9-21(16(3)4)23(20)25-24(27)18-10-12-19(13-11-18)28-14-22(26)29-17(5)6/h7-13,15-17H,14H2,1-6H3,(H,25,27). The molecule has 5 heteroatoms. The number of hydrogen-bond donors (Lipinski definition) is 1. The molecule has 0 aliphatic heterocycles. The highest BCUT2D eigenvalue weighted by molar-refractivity contribution is 6.05. The van der Waals surface area contributed by atoms with E-state index in [0.717, 1.165) is 16.8 Å². The van der Waals surface area contributed by atoms with E-state index in [4.69, 9.17) is 9.47 Å². The van der Waals surface area contributed by atoms with Crippen molar-refractivity contribution in [1.29, 1.82) is 0 Å². The van der Waals surface area contributed by atoms with Crippen molar-refractivity contribution in [3.8, 4) is 5.75 Å². The van der Waals surface area contributed by atoms with Gasteiger partial charge in [0.05, 0.1) is 6.10 Å². The van der Waals surface area contributed by atoms with Crippen LogP contribution in [0.1, 0.15) is 74.9 Å². The average molecular weight is 398 g/mol. The molecule has 0 bridgehead atoms. The van der Waals surface area contributed by atoms with Crippen LogP contribution in [0.15, 0.2) is 42.5 Å². The minimum atomic E-state index is -0.423. The van der Waals surface area contributed by atoms with Gasteiger partial charge >= 0.3 is 5.97 Å². The van der Waals surface area contributed by atoms with Crippen molar-refractivity contribution < 1.29 is 19.1 Å². The van der Waals surface area contributed by atoms with Crippen molar-refractivity contribution in [3.05, 3.63) is 59.2 Å². The Hall–Kier alpha value is -2.82. The molecule has 0 heterocycles. The van der Waals surface area contributed by atoms with Crippen LogP contribution >= 0.6 is 0 Å². The van der Waals surface area contributed by atoms with Crippen LogP contribution in [0.2, 0.25) is 0 Å². The number of rotatable bonds is 8. The van der Waals surface area contributed by atoms with Gasteiger partial charge in [0.2, 0.25) is 0 Å². The Morgan fingerprint density at radius 3 is 1.90 bits per heavy atom. The van der Waals surface area contributed by atoms with E-state index >= 15 is 0 Å². The zero-order chi connectivity index (χ0) is 21.6. The second-order valence-electron chi connectivity index (χ2n) is 7.93. The Kier molecular flexibility index (Phi) is 7.82. The van der Waals surface area contributed by atoms with E-state index in [1.54, 1.807) is 38.1 Å². The van der Waals surface area contributed by atoms with E-state index in [9.17, 15) is 9.59 Å². The van der Waals surface area contributed by atoms with Crippen LogP contribution in [0.3, 0.4) is 0 Å². The van der Waals surface area contributed by atoms with Crippen LogP contribution in [0.4, 0.5) is 5.69 Å². The molecule has 2 aromatic carbocycles. The number of esters is 1. The van der Waals surface area contributed by atoms with Gasteiger partial charge in [-0.25, -0.2) is 4.79 Å². The van der Waals surface area contributed by atoms with E-state index in [2.05, 4.69) is 45.1 Å². The summed E-state index contributed by atoms with van der Waals surface area (Å²) in [5.41, 5.74) is 3.65. The Balaban J connectivity index is 2.11. The van der Waals surface area contributed by atoms with Gasteiger partial charge in [-0.2, -0.15) is 0 Å². The molecule has 29 heavy (non-hydrogen) atoms. The Morgan fingerprint density at radius 2 is 1.41 bits per heavy atom. The quantitative estimate of drug-likeness (QED) is 0.596. The molecular formula is C24H31NO4. The third-order valence-electron chi connectivity index (χ3n) is 4.45. The number of para-hydroxylation sites is 1. The smallest absolute Gasteiger partial charge is 0.344 e. The first kappa shape index (κ1) is 22.5. The molecule has 1 N–H and O–H groups in total. The number of carbonyl (C=O) groups is 2. The fourth-order valence-electron chi connectivity index (χ4n) is 3.02. The highest BCUT2D eigenvalue weighted by atomic mass is 16.6. The molecule has 0 spiro atoms. The third-order valence-corrected chi connectivity index (χ3v) is 4.45. The van der Waals surface area contributed by atoms with Gasteiger partial charge in [0.15, 0.2) is 6.61 Å². The van der Waals surface area contributed by atoms with E-state index in [-0.39, 0.29) is 18.6 Å². The zero-order valence-corrected chi connectivity index (χ0v) is 18.1. The molecule has 156 valence electrons. The molecule has 0 aliphatic carbocycles. The maximum absolute atomic E-state index is 12.8. The van der Waals surface area contributed by atoms with Gasteiger partial charge in [0, 0.05) is 11.3 Å². The van der Waals surface area contributed by atoms with Crippen molar-refractivity contribution >= 4 is 17.6 Å². The molecule has 0 saturated heterocycles. The number of anilines is 1. The molecule has 0 atom stereocenters. The summed E-state index contributed by atoms with van der Waals surface area (Å²) in [5, 5.41) is 3.10. The zero-order valence-electron chi connectivity index (χ0n) is 18.1. The average Bonchev–Trinajstić information content (AvgIpc) is 2.66. The summed E-state index contributed by atoms with van der Waals surface area (Å²) in [6.45, 7) is 11.9. The summed E-state index contributed by atoms with van der Waals surface area (Å²) in [4.78, 5) is 24.4. The summed E-state index contributed by atoms with van der Waals surface area (Å²) in [6, 6.07) is 12.9. The lowest BCUT2D eigenvalue weighted by molar-refractivity contribution is -0.149. The Bertz CT molecular complexity index is 812. The second-order valence-corrected chi connectivity index (χ2v) is 7.93. The summed E-state index contributed by atoms with van der Waals surface area (Å²) < 4.78 is 10.4. The van der Waals surface area contributed by atoms with Crippen molar-refractivity contribution in [3.63, 3.8) is 0 Å². The highest BCUT2D eigenvalue weighted by Crippen LogP contribution is 2.32. The summed E-state index contributed by atoms with van der Waals surface area (Å²) in [6.07, 6.45) is -0.179. The lowest BCUT2D eigenvalue weighted by Gasteiger charge is -2.20. The van der Waals surface area contributed by atoms with Gasteiger partial charge in [-0.1, -0.05) is 45.9 Å². The van der Waals surface area contributed by atoms with Crippen molar-refractivity contribution in [2.45, 2.75) is 59.5 Å². The first-order valence-corrected chi connectivity index (χ1v) is 10.1. The molecular weight excluding hydrogens is 366 g/mol. The maximum atomic E-state index is 12.8. The molecule has 0 aliphatic rings. The largest absolute Gasteiger partial charge is 0.482 e. The summed E-state index contributed by atoms with van der Waals surface area (Å²) in [7, 11) is 0. The van der Waals surface area contributed by atoms with E-state index in [0.29, 0.717) is 23.1 Å². The normalized spacial score (nSPS) is 11.1. The van der Waals surface area contributed by atoms with Crippen LogP contribution in [-0.4, -0.2) is 24.6 Å². The Labute approximate surface area is 173 Å². The monoisotopic (exact) mass is 397 g/mol. The van der Waals surface area contributed by atoms with Crippen LogP contribution in [0.5, 0.6) is 5.75 Å². The number of nitrogens with one attached hydrogen (secondary N) is 1. The molecule has 0 fully saturated rings. The summed E-state index contributed by atoms with van der Waals surface area (Å²) in [5.74, 6) is 0.502. The predicted octanol–water partition coefficient (Wildman–Crippen LogP) is 5.52. The lowest BCUT2D eigenvalue weighted by atomic mass is 9.92. The molecule has 2 rings (SSSR count). The van der Waals surface area contributed by atoms with Gasteiger partial charge in [-0.15, -0.1) is 0 Å². The number of amides is 1. The number of ether oxygens (including phenoxy) is 2. The predicted molar refractivity (Wildman–Crippen MR) is 116 cm³/mol. The molecule has 0 aromatic heterocycles. The van der Waals surface area contributed by atoms with Gasteiger partial charge in [0.25, 0.3) is 5.91 Å². The van der Waals surface area contributed by atoms with Gasteiger partial charge in [-0.3, -0.25) is 4.79 Å². The van der Waals surface area contributed by atoms with Crippen LogP contribution < -0.4 is 10.1 Å². The molecule has 0 radical (unpaired) electrons. The minimum absolute atomic E-state index is 0.163. The van der Waals surface area contributed by atoms with Crippen LogP contribution in [0.25, 0.3) is 0 Å². The second kappa shape index (κ2) is 10.1. The third kappa shape index (κ3) is 6.34.